The van der Waals surface area contributed by atoms with Crippen LogP contribution in [0.25, 0.3) is 21.8 Å². The molecule has 140 valence electrons. The average molecular weight is 385 g/mol. The molecule has 0 amide bonds. The van der Waals surface area contributed by atoms with Crippen molar-refractivity contribution in [3.8, 4) is 21.8 Å². The molecule has 0 aliphatic heterocycles. The normalized spacial score (nSPS) is 10.7. The third-order valence-corrected chi connectivity index (χ3v) is 4.84. The van der Waals surface area contributed by atoms with E-state index in [2.05, 4.69) is 15.2 Å². The fourth-order valence-corrected chi connectivity index (χ4v) is 3.60. The van der Waals surface area contributed by atoms with Crippen LogP contribution in [0.3, 0.4) is 0 Å². The van der Waals surface area contributed by atoms with Crippen LogP contribution in [0.4, 0.5) is 0 Å². The molecule has 0 bridgehead atoms. The second kappa shape index (κ2) is 8.70. The smallest absolute Gasteiger partial charge is 0.367 e. The first-order valence-corrected chi connectivity index (χ1v) is 9.27. The van der Waals surface area contributed by atoms with Crippen molar-refractivity contribution in [3.05, 3.63) is 57.3 Å². The van der Waals surface area contributed by atoms with E-state index < -0.39 is 5.97 Å². The highest BCUT2D eigenvalue weighted by atomic mass is 32.1. The van der Waals surface area contributed by atoms with Gasteiger partial charge in [0.25, 0.3) is 5.56 Å². The predicted octanol–water partition coefficient (Wildman–Crippen LogP) is 2.93. The molecule has 0 atom stereocenters. The number of carbonyl (C=O) groups is 1. The van der Waals surface area contributed by atoms with E-state index in [0.29, 0.717) is 29.3 Å². The minimum absolute atomic E-state index is 0.247. The van der Waals surface area contributed by atoms with E-state index in [1.165, 1.54) is 17.4 Å². The molecule has 2 aromatic heterocycles. The second-order valence-electron chi connectivity index (χ2n) is 5.63. The van der Waals surface area contributed by atoms with Crippen molar-refractivity contribution < 1.29 is 14.3 Å². The maximum absolute atomic E-state index is 12.2. The molecule has 0 fully saturated rings. The molecular weight excluding hydrogens is 366 g/mol. The van der Waals surface area contributed by atoms with E-state index in [4.69, 9.17) is 9.47 Å². The van der Waals surface area contributed by atoms with E-state index in [1.54, 1.807) is 14.0 Å². The van der Waals surface area contributed by atoms with Crippen LogP contribution in [0, 0.1) is 0 Å². The topological polar surface area (TPSA) is 94.2 Å². The highest BCUT2D eigenvalue weighted by molar-refractivity contribution is 7.17. The van der Waals surface area contributed by atoms with Gasteiger partial charge in [-0.1, -0.05) is 30.3 Å². The van der Waals surface area contributed by atoms with Gasteiger partial charge in [0.15, 0.2) is 0 Å². The summed E-state index contributed by atoms with van der Waals surface area (Å²) in [5.74, 6) is -0.478. The summed E-state index contributed by atoms with van der Waals surface area (Å²) < 4.78 is 10.2. The average Bonchev–Trinajstić information content (AvgIpc) is 3.12. The van der Waals surface area contributed by atoms with Gasteiger partial charge in [-0.15, -0.1) is 11.3 Å². The van der Waals surface area contributed by atoms with Crippen LogP contribution in [-0.4, -0.2) is 41.5 Å². The number of aromatic nitrogens is 3. The summed E-state index contributed by atoms with van der Waals surface area (Å²) in [6, 6.07) is 11.0. The van der Waals surface area contributed by atoms with Crippen molar-refractivity contribution in [1.29, 1.82) is 0 Å². The van der Waals surface area contributed by atoms with Gasteiger partial charge in [0, 0.05) is 18.7 Å². The summed E-state index contributed by atoms with van der Waals surface area (Å²) in [6.45, 7) is 2.46. The molecule has 3 aromatic rings. The minimum Gasteiger partial charge on any atom is -0.461 e. The molecule has 0 radical (unpaired) electrons. The first-order chi connectivity index (χ1) is 13.1. The SMILES string of the molecule is CCOC(=O)c1nc(-c2ccccc2)c(-c2n[nH]c(=O)cc2CCOC)s1. The molecule has 0 aliphatic carbocycles. The number of esters is 1. The fourth-order valence-electron chi connectivity index (χ4n) is 2.59. The molecule has 1 aromatic carbocycles. The predicted molar refractivity (Wildman–Crippen MR) is 103 cm³/mol. The fraction of sp³-hybridized carbons (Fsp3) is 0.263. The number of aromatic amines is 1. The van der Waals surface area contributed by atoms with Gasteiger partial charge in [0.2, 0.25) is 5.01 Å². The summed E-state index contributed by atoms with van der Waals surface area (Å²) >= 11 is 1.20. The van der Waals surface area contributed by atoms with Crippen LogP contribution in [-0.2, 0) is 15.9 Å². The zero-order chi connectivity index (χ0) is 19.2. The Balaban J connectivity index is 2.17. The number of hydrogen-bond donors (Lipinski definition) is 1. The summed E-state index contributed by atoms with van der Waals surface area (Å²) in [5.41, 5.74) is 2.50. The zero-order valence-electron chi connectivity index (χ0n) is 15.0. The Morgan fingerprint density at radius 1 is 1.22 bits per heavy atom. The monoisotopic (exact) mass is 385 g/mol. The number of methoxy groups -OCH3 is 1. The Bertz CT molecular complexity index is 982. The lowest BCUT2D eigenvalue weighted by molar-refractivity contribution is 0.0526. The lowest BCUT2D eigenvalue weighted by atomic mass is 10.1. The standard InChI is InChI=1S/C19H19N3O4S/c1-3-26-19(24)18-20-15(12-7-5-4-6-8-12)17(27-18)16-13(9-10-25-2)11-14(23)21-22-16/h4-8,11H,3,9-10H2,1-2H3,(H,21,23). The zero-order valence-corrected chi connectivity index (χ0v) is 15.8. The number of rotatable bonds is 7. The van der Waals surface area contributed by atoms with Gasteiger partial charge in [0.1, 0.15) is 5.69 Å². The van der Waals surface area contributed by atoms with Gasteiger partial charge in [-0.2, -0.15) is 5.10 Å². The van der Waals surface area contributed by atoms with Gasteiger partial charge in [0.05, 0.1) is 23.8 Å². The number of benzene rings is 1. The third-order valence-electron chi connectivity index (χ3n) is 3.80. The Morgan fingerprint density at radius 2 is 2.00 bits per heavy atom. The maximum Gasteiger partial charge on any atom is 0.367 e. The summed E-state index contributed by atoms with van der Waals surface area (Å²) in [6.07, 6.45) is 0.517. The number of hydrogen-bond acceptors (Lipinski definition) is 7. The molecule has 0 unspecified atom stereocenters. The van der Waals surface area contributed by atoms with Crippen LogP contribution < -0.4 is 5.56 Å². The molecule has 2 heterocycles. The van der Waals surface area contributed by atoms with Crippen molar-refractivity contribution in [2.45, 2.75) is 13.3 Å². The van der Waals surface area contributed by atoms with E-state index in [0.717, 1.165) is 11.1 Å². The molecular formula is C19H19N3O4S. The number of H-pyrrole nitrogens is 1. The Kier molecular flexibility index (Phi) is 6.10. The third kappa shape index (κ3) is 4.29. The van der Waals surface area contributed by atoms with Crippen LogP contribution >= 0.6 is 11.3 Å². The lowest BCUT2D eigenvalue weighted by Crippen LogP contribution is -2.11. The van der Waals surface area contributed by atoms with Gasteiger partial charge in [-0.05, 0) is 18.9 Å². The van der Waals surface area contributed by atoms with Gasteiger partial charge in [-0.3, -0.25) is 4.79 Å². The minimum atomic E-state index is -0.478. The van der Waals surface area contributed by atoms with Crippen LogP contribution in [0.1, 0.15) is 22.3 Å². The van der Waals surface area contributed by atoms with Crippen LogP contribution in [0.2, 0.25) is 0 Å². The van der Waals surface area contributed by atoms with E-state index in [1.807, 2.05) is 30.3 Å². The number of thiazole rings is 1. The molecule has 7 nitrogen and oxygen atoms in total. The lowest BCUT2D eigenvalue weighted by Gasteiger charge is -2.07. The van der Waals surface area contributed by atoms with E-state index in [-0.39, 0.29) is 17.2 Å². The molecule has 0 saturated carbocycles. The molecule has 27 heavy (non-hydrogen) atoms. The number of carbonyl (C=O) groups excluding carboxylic acids is 1. The van der Waals surface area contributed by atoms with Crippen molar-refractivity contribution in [1.82, 2.24) is 15.2 Å². The van der Waals surface area contributed by atoms with Crippen molar-refractivity contribution in [3.63, 3.8) is 0 Å². The maximum atomic E-state index is 12.2. The quantitative estimate of drug-likeness (QED) is 0.629. The van der Waals surface area contributed by atoms with E-state index in [9.17, 15) is 9.59 Å². The Morgan fingerprint density at radius 3 is 2.70 bits per heavy atom. The van der Waals surface area contributed by atoms with Gasteiger partial charge < -0.3 is 9.47 Å². The van der Waals surface area contributed by atoms with Gasteiger partial charge >= 0.3 is 5.97 Å². The number of ether oxygens (including phenoxy) is 2. The molecule has 0 saturated heterocycles. The van der Waals surface area contributed by atoms with Gasteiger partial charge in [-0.25, -0.2) is 14.9 Å². The highest BCUT2D eigenvalue weighted by Gasteiger charge is 2.23. The first-order valence-electron chi connectivity index (χ1n) is 8.45. The Labute approximate surface area is 160 Å². The van der Waals surface area contributed by atoms with Crippen molar-refractivity contribution in [2.24, 2.45) is 0 Å². The Hall–Kier alpha value is -2.84. The largest absolute Gasteiger partial charge is 0.461 e. The van der Waals surface area contributed by atoms with Crippen LogP contribution in [0.5, 0.6) is 0 Å². The van der Waals surface area contributed by atoms with E-state index >= 15 is 0 Å². The first kappa shape index (κ1) is 18.9. The molecule has 0 aliphatic rings. The molecule has 1 N–H and O–H groups in total. The van der Waals surface area contributed by atoms with Crippen molar-refractivity contribution >= 4 is 17.3 Å². The summed E-state index contributed by atoms with van der Waals surface area (Å²) in [5, 5.41) is 6.95. The molecule has 3 rings (SSSR count). The number of nitrogens with zero attached hydrogens (tertiary/aromatic N) is 2. The highest BCUT2D eigenvalue weighted by Crippen LogP contribution is 2.37. The summed E-state index contributed by atoms with van der Waals surface area (Å²) in [7, 11) is 1.60. The van der Waals surface area contributed by atoms with Crippen molar-refractivity contribution in [2.75, 3.05) is 20.3 Å². The summed E-state index contributed by atoms with van der Waals surface area (Å²) in [4.78, 5) is 29.2. The number of nitrogens with one attached hydrogen (secondary N) is 1. The molecule has 8 heteroatoms. The van der Waals surface area contributed by atoms with Crippen LogP contribution in [0.15, 0.2) is 41.2 Å². The molecule has 0 spiro atoms. The second-order valence-corrected chi connectivity index (χ2v) is 6.63.